The molecule has 0 bridgehead atoms. The van der Waals surface area contributed by atoms with Crippen molar-refractivity contribution < 1.29 is 9.66 Å². The van der Waals surface area contributed by atoms with Crippen LogP contribution in [-0.2, 0) is 0 Å². The van der Waals surface area contributed by atoms with E-state index in [2.05, 4.69) is 4.98 Å². The van der Waals surface area contributed by atoms with Crippen molar-refractivity contribution in [3.05, 3.63) is 66.5 Å². The second-order valence-electron chi connectivity index (χ2n) is 4.28. The molecule has 2 aromatic rings. The normalized spacial score (nSPS) is 10.4. The number of nitrogens with one attached hydrogen (secondary N) is 2. The fourth-order valence-electron chi connectivity index (χ4n) is 1.80. The van der Waals surface area contributed by atoms with Gasteiger partial charge in [0.2, 0.25) is 0 Å². The number of nitriles is 1. The zero-order chi connectivity index (χ0) is 16.8. The van der Waals surface area contributed by atoms with Gasteiger partial charge < -0.3 is 9.72 Å². The average Bonchev–Trinajstić information content (AvgIpc) is 2.50. The van der Waals surface area contributed by atoms with Crippen LogP contribution >= 0.6 is 0 Å². The SMILES string of the molecule is N#CCOc1cccc(/C=C/c2[nH]c(=O)[nH]c(=O)c2[N+](=O)[O-])c1. The van der Waals surface area contributed by atoms with E-state index in [9.17, 15) is 19.7 Å². The molecule has 116 valence electrons. The molecule has 9 nitrogen and oxygen atoms in total. The van der Waals surface area contributed by atoms with Crippen LogP contribution in [0.1, 0.15) is 11.3 Å². The van der Waals surface area contributed by atoms with Gasteiger partial charge in [0, 0.05) is 0 Å². The molecule has 1 aromatic heterocycles. The number of nitro groups is 1. The quantitative estimate of drug-likeness (QED) is 0.623. The fraction of sp³-hybridized carbons (Fsp3) is 0.0714. The number of benzene rings is 1. The first-order valence-electron chi connectivity index (χ1n) is 6.30. The van der Waals surface area contributed by atoms with Crippen LogP contribution in [0, 0.1) is 21.4 Å². The van der Waals surface area contributed by atoms with Gasteiger partial charge >= 0.3 is 16.9 Å². The molecule has 0 amide bonds. The third kappa shape index (κ3) is 3.92. The lowest BCUT2D eigenvalue weighted by Gasteiger charge is -2.02. The largest absolute Gasteiger partial charge is 0.479 e. The average molecular weight is 314 g/mol. The highest BCUT2D eigenvalue weighted by atomic mass is 16.6. The van der Waals surface area contributed by atoms with Crippen LogP contribution < -0.4 is 16.0 Å². The van der Waals surface area contributed by atoms with Crippen LogP contribution in [0.15, 0.2) is 33.9 Å². The van der Waals surface area contributed by atoms with Crippen molar-refractivity contribution in [2.75, 3.05) is 6.61 Å². The summed E-state index contributed by atoms with van der Waals surface area (Å²) in [5.74, 6) is 0.447. The van der Waals surface area contributed by atoms with Gasteiger partial charge in [-0.05, 0) is 23.8 Å². The van der Waals surface area contributed by atoms with E-state index in [1.165, 1.54) is 12.2 Å². The summed E-state index contributed by atoms with van der Waals surface area (Å²) < 4.78 is 5.13. The van der Waals surface area contributed by atoms with E-state index >= 15 is 0 Å². The number of aromatic amines is 2. The second-order valence-corrected chi connectivity index (χ2v) is 4.28. The molecule has 0 spiro atoms. The molecule has 0 aliphatic carbocycles. The molecule has 2 rings (SSSR count). The molecule has 1 heterocycles. The summed E-state index contributed by atoms with van der Waals surface area (Å²) in [5, 5.41) is 19.4. The van der Waals surface area contributed by atoms with Crippen LogP contribution in [0.5, 0.6) is 5.75 Å². The standard InChI is InChI=1S/C14H10N4O5/c15-6-7-23-10-3-1-2-9(8-10)4-5-11-12(18(21)22)13(19)17-14(20)16-11/h1-5,8H,7H2,(H2,16,17,19,20)/b5-4+. The Morgan fingerprint density at radius 2 is 2.09 bits per heavy atom. The van der Waals surface area contributed by atoms with E-state index in [-0.39, 0.29) is 12.3 Å². The Hall–Kier alpha value is -3.67. The molecule has 1 aromatic carbocycles. The van der Waals surface area contributed by atoms with Crippen LogP contribution in [-0.4, -0.2) is 21.5 Å². The lowest BCUT2D eigenvalue weighted by atomic mass is 10.2. The maximum atomic E-state index is 11.5. The highest BCUT2D eigenvalue weighted by Crippen LogP contribution is 2.17. The van der Waals surface area contributed by atoms with E-state index in [0.717, 1.165) is 0 Å². The number of hydrogen-bond donors (Lipinski definition) is 2. The van der Waals surface area contributed by atoms with Crippen molar-refractivity contribution in [1.82, 2.24) is 9.97 Å². The number of ether oxygens (including phenoxy) is 1. The zero-order valence-electron chi connectivity index (χ0n) is 11.6. The predicted molar refractivity (Wildman–Crippen MR) is 80.8 cm³/mol. The molecule has 0 atom stereocenters. The van der Waals surface area contributed by atoms with Gasteiger partial charge in [0.15, 0.2) is 6.61 Å². The van der Waals surface area contributed by atoms with Crippen LogP contribution in [0.25, 0.3) is 12.2 Å². The number of aromatic nitrogens is 2. The second kappa shape index (κ2) is 6.86. The molecule has 9 heteroatoms. The first kappa shape index (κ1) is 15.7. The molecule has 0 saturated heterocycles. The van der Waals surface area contributed by atoms with Crippen molar-refractivity contribution in [3.8, 4) is 11.8 Å². The number of nitrogens with zero attached hydrogens (tertiary/aromatic N) is 2. The van der Waals surface area contributed by atoms with E-state index in [1.54, 1.807) is 29.2 Å². The van der Waals surface area contributed by atoms with Gasteiger partial charge in [0.05, 0.1) is 4.92 Å². The van der Waals surface area contributed by atoms with Crippen LogP contribution in [0.2, 0.25) is 0 Å². The van der Waals surface area contributed by atoms with Crippen LogP contribution in [0.3, 0.4) is 0 Å². The van der Waals surface area contributed by atoms with Crippen LogP contribution in [0.4, 0.5) is 5.69 Å². The summed E-state index contributed by atoms with van der Waals surface area (Å²) >= 11 is 0. The highest BCUT2D eigenvalue weighted by Gasteiger charge is 2.18. The molecule has 0 unspecified atom stereocenters. The minimum Gasteiger partial charge on any atom is -0.479 e. The third-order valence-corrected chi connectivity index (χ3v) is 2.73. The first-order chi connectivity index (χ1) is 11.0. The van der Waals surface area contributed by atoms with Crippen molar-refractivity contribution in [2.24, 2.45) is 0 Å². The molecule has 23 heavy (non-hydrogen) atoms. The van der Waals surface area contributed by atoms with Gasteiger partial charge in [-0.15, -0.1) is 0 Å². The minimum absolute atomic E-state index is 0.111. The van der Waals surface area contributed by atoms with Gasteiger partial charge in [-0.1, -0.05) is 18.2 Å². The zero-order valence-corrected chi connectivity index (χ0v) is 11.6. The minimum atomic E-state index is -1.08. The Bertz CT molecular complexity index is 920. The van der Waals surface area contributed by atoms with Crippen molar-refractivity contribution in [1.29, 1.82) is 5.26 Å². The van der Waals surface area contributed by atoms with Gasteiger partial charge in [-0.2, -0.15) is 5.26 Å². The number of H-pyrrole nitrogens is 2. The summed E-state index contributed by atoms with van der Waals surface area (Å²) in [6.45, 7) is -0.111. The number of hydrogen-bond acceptors (Lipinski definition) is 6. The maximum Gasteiger partial charge on any atom is 0.357 e. The Kier molecular flexibility index (Phi) is 4.69. The van der Waals surface area contributed by atoms with Crippen molar-refractivity contribution in [3.63, 3.8) is 0 Å². The summed E-state index contributed by atoms with van der Waals surface area (Å²) in [6, 6.07) is 8.44. The summed E-state index contributed by atoms with van der Waals surface area (Å²) in [5.41, 5.74) is -2.28. The molecule has 0 aliphatic heterocycles. The van der Waals surface area contributed by atoms with E-state index in [1.807, 2.05) is 6.07 Å². The summed E-state index contributed by atoms with van der Waals surface area (Å²) in [6.07, 6.45) is 2.72. The van der Waals surface area contributed by atoms with Gasteiger partial charge in [0.1, 0.15) is 17.5 Å². The Balaban J connectivity index is 2.38. The lowest BCUT2D eigenvalue weighted by Crippen LogP contribution is -2.25. The smallest absolute Gasteiger partial charge is 0.357 e. The van der Waals surface area contributed by atoms with Crippen molar-refractivity contribution >= 4 is 17.8 Å². The predicted octanol–water partition coefficient (Wildman–Crippen LogP) is 1.04. The van der Waals surface area contributed by atoms with E-state index < -0.39 is 21.9 Å². The highest BCUT2D eigenvalue weighted by molar-refractivity contribution is 5.72. The topological polar surface area (TPSA) is 142 Å². The monoisotopic (exact) mass is 314 g/mol. The molecule has 0 radical (unpaired) electrons. The Labute approximate surface area is 128 Å². The first-order valence-corrected chi connectivity index (χ1v) is 6.30. The Morgan fingerprint density at radius 3 is 2.78 bits per heavy atom. The summed E-state index contributed by atoms with van der Waals surface area (Å²) in [4.78, 5) is 36.8. The van der Waals surface area contributed by atoms with Gasteiger partial charge in [-0.25, -0.2) is 4.79 Å². The van der Waals surface area contributed by atoms with E-state index in [4.69, 9.17) is 10.00 Å². The lowest BCUT2D eigenvalue weighted by molar-refractivity contribution is -0.386. The van der Waals surface area contributed by atoms with Crippen molar-refractivity contribution in [2.45, 2.75) is 0 Å². The van der Waals surface area contributed by atoms with Gasteiger partial charge in [-0.3, -0.25) is 19.9 Å². The molecule has 0 aliphatic rings. The van der Waals surface area contributed by atoms with Gasteiger partial charge in [0.25, 0.3) is 0 Å². The molecular formula is C14H10N4O5. The maximum absolute atomic E-state index is 11.5. The van der Waals surface area contributed by atoms with E-state index in [0.29, 0.717) is 11.3 Å². The molecule has 0 saturated carbocycles. The Morgan fingerprint density at radius 1 is 1.30 bits per heavy atom. The molecule has 2 N–H and O–H groups in total. The number of rotatable bonds is 5. The summed E-state index contributed by atoms with van der Waals surface area (Å²) in [7, 11) is 0. The fourth-order valence-corrected chi connectivity index (χ4v) is 1.80. The molecular weight excluding hydrogens is 304 g/mol. The molecule has 0 fully saturated rings. The third-order valence-electron chi connectivity index (χ3n) is 2.73.